The molecule has 60 heavy (non-hydrogen) atoms. The Kier molecular flexibility index (Phi) is 14.2. The van der Waals surface area contributed by atoms with Crippen LogP contribution in [0.5, 0.6) is 0 Å². The molecule has 1 fully saturated rings. The van der Waals surface area contributed by atoms with Gasteiger partial charge in [0.1, 0.15) is 12.4 Å². The van der Waals surface area contributed by atoms with E-state index in [0.29, 0.717) is 28.8 Å². The van der Waals surface area contributed by atoms with Gasteiger partial charge in [-0.2, -0.15) is 26.3 Å². The monoisotopic (exact) mass is 867 g/mol. The van der Waals surface area contributed by atoms with Crippen LogP contribution in [0, 0.1) is 18.7 Å². The van der Waals surface area contributed by atoms with Gasteiger partial charge in [-0.3, -0.25) is 0 Å². The number of hydrogen-bond donors (Lipinski definition) is 2. The van der Waals surface area contributed by atoms with E-state index >= 15 is 0 Å². The van der Waals surface area contributed by atoms with Crippen LogP contribution in [0.2, 0.25) is 18.1 Å². The van der Waals surface area contributed by atoms with Crippen molar-refractivity contribution in [1.29, 1.82) is 0 Å². The van der Waals surface area contributed by atoms with Crippen molar-refractivity contribution in [2.24, 2.45) is 5.92 Å². The maximum Gasteiger partial charge on any atom is 0.416 e. The van der Waals surface area contributed by atoms with E-state index in [2.05, 4.69) is 5.32 Å². The van der Waals surface area contributed by atoms with Crippen LogP contribution < -0.4 is 5.32 Å². The second kappa shape index (κ2) is 17.9. The average Bonchev–Trinajstić information content (AvgIpc) is 3.14. The minimum Gasteiger partial charge on any atom is -0.539 e. The number of halogens is 7. The molecular formula is C43H52F7N3O6Si. The van der Waals surface area contributed by atoms with Crippen molar-refractivity contribution in [1.82, 2.24) is 15.1 Å². The summed E-state index contributed by atoms with van der Waals surface area (Å²) >= 11 is 0. The van der Waals surface area contributed by atoms with Crippen LogP contribution in [0.25, 0.3) is 0 Å². The lowest BCUT2D eigenvalue weighted by atomic mass is 9.72. The number of aliphatic carboxylic acids is 1. The highest BCUT2D eigenvalue weighted by atomic mass is 28.4. The molecule has 0 aliphatic carbocycles. The lowest BCUT2D eigenvalue weighted by molar-refractivity contribution is -0.143. The molecule has 2 N–H and O–H groups in total. The number of carboxylic acids is 1. The number of carbonyl (C=O) groups is 3. The van der Waals surface area contributed by atoms with Crippen LogP contribution in [0.3, 0.4) is 0 Å². The highest BCUT2D eigenvalue weighted by Crippen LogP contribution is 2.45. The first-order valence-corrected chi connectivity index (χ1v) is 22.2. The van der Waals surface area contributed by atoms with Gasteiger partial charge in [0.15, 0.2) is 5.76 Å². The number of amides is 3. The molecule has 4 atom stereocenters. The minimum absolute atomic E-state index is 0.0101. The molecule has 0 aromatic heterocycles. The number of alkyl carbamates (subject to hydrolysis) is 1. The Morgan fingerprint density at radius 3 is 2.07 bits per heavy atom. The number of hydrogen-bond acceptors (Lipinski definition) is 5. The first-order valence-electron chi connectivity index (χ1n) is 19.3. The molecule has 1 saturated heterocycles. The van der Waals surface area contributed by atoms with Crippen molar-refractivity contribution >= 4 is 26.4 Å². The lowest BCUT2D eigenvalue weighted by Gasteiger charge is -2.50. The number of piperidine rings is 1. The van der Waals surface area contributed by atoms with Crippen LogP contribution in [0.15, 0.2) is 78.6 Å². The Morgan fingerprint density at radius 2 is 1.55 bits per heavy atom. The molecule has 1 aliphatic rings. The molecule has 17 heteroatoms. The summed E-state index contributed by atoms with van der Waals surface area (Å²) in [5.41, 5.74) is -3.33. The molecule has 0 radical (unpaired) electrons. The third kappa shape index (κ3) is 11.2. The SMILES string of the molecule is Cc1cc(F)ccc1[C@H]1C[C@@](NC(=O)OCc2ccccc2)(C(C)/C=C(\O[Si](C)(C)C(C)(C)C)C(=O)O)CCN1C(=O)N(C)[C@@H](C)c1cc(C(F)(F)F)cc(C(F)(F)F)c1. The van der Waals surface area contributed by atoms with E-state index in [9.17, 15) is 50.2 Å². The second-order valence-corrected chi connectivity index (χ2v) is 21.6. The van der Waals surface area contributed by atoms with Crippen molar-refractivity contribution in [3.05, 3.63) is 118 Å². The van der Waals surface area contributed by atoms with Gasteiger partial charge in [-0.15, -0.1) is 0 Å². The molecule has 328 valence electrons. The number of urea groups is 1. The lowest BCUT2D eigenvalue weighted by Crippen LogP contribution is -2.61. The summed E-state index contributed by atoms with van der Waals surface area (Å²) in [6.45, 7) is 13.9. The number of alkyl halides is 6. The van der Waals surface area contributed by atoms with E-state index in [1.54, 1.807) is 44.2 Å². The van der Waals surface area contributed by atoms with Crippen molar-refractivity contribution in [2.75, 3.05) is 13.6 Å². The van der Waals surface area contributed by atoms with Crippen molar-refractivity contribution in [3.8, 4) is 0 Å². The summed E-state index contributed by atoms with van der Waals surface area (Å²) < 4.78 is 109. The third-order valence-corrected chi connectivity index (χ3v) is 16.1. The Balaban J connectivity index is 1.82. The zero-order chi connectivity index (χ0) is 45.2. The fourth-order valence-corrected chi connectivity index (χ4v) is 7.94. The highest BCUT2D eigenvalue weighted by molar-refractivity contribution is 6.74. The number of carboxylic acid groups (broad SMARTS) is 1. The van der Waals surface area contributed by atoms with E-state index in [4.69, 9.17) is 9.16 Å². The molecule has 3 amide bonds. The number of aryl methyl sites for hydroxylation is 1. The van der Waals surface area contributed by atoms with E-state index < -0.39 is 84.8 Å². The zero-order valence-corrected chi connectivity index (χ0v) is 36.0. The molecule has 1 unspecified atom stereocenters. The maximum absolute atomic E-state index is 14.5. The quantitative estimate of drug-likeness (QED) is 0.0860. The van der Waals surface area contributed by atoms with E-state index in [1.165, 1.54) is 43.1 Å². The molecular weight excluding hydrogens is 816 g/mol. The van der Waals surface area contributed by atoms with Gasteiger partial charge in [0, 0.05) is 19.5 Å². The van der Waals surface area contributed by atoms with E-state index in [0.717, 1.165) is 4.90 Å². The summed E-state index contributed by atoms with van der Waals surface area (Å²) in [4.78, 5) is 43.3. The summed E-state index contributed by atoms with van der Waals surface area (Å²) in [5, 5.41) is 12.9. The predicted molar refractivity (Wildman–Crippen MR) is 213 cm³/mol. The number of benzene rings is 3. The largest absolute Gasteiger partial charge is 0.539 e. The topological polar surface area (TPSA) is 108 Å². The standard InChI is InChI=1S/C43H52F7N3O6Si/c1-26-19-33(44)15-16-34(26)35-24-41(51-38(56)58-25-29-13-11-10-12-14-29,27(2)20-36(37(54)55)59-60(8,9)40(4,5)6)17-18-53(35)39(57)52(7)28(3)30-21-31(42(45,46)47)23-32(22-30)43(48,49)50/h10-16,19-23,27-28,35H,17-18,24-25H2,1-9H3,(H,51,56)(H,54,55)/b36-20-/t27?,28-,35+,41+/m0/s1. The molecule has 9 nitrogen and oxygen atoms in total. The van der Waals surface area contributed by atoms with Crippen molar-refractivity contribution < 1.29 is 59.4 Å². The number of ether oxygens (including phenoxy) is 1. The molecule has 0 spiro atoms. The smallest absolute Gasteiger partial charge is 0.416 e. The fourth-order valence-electron chi connectivity index (χ4n) is 6.93. The molecule has 4 rings (SSSR count). The second-order valence-electron chi connectivity index (χ2n) is 16.9. The number of carbonyl (C=O) groups excluding carboxylic acids is 2. The highest BCUT2D eigenvalue weighted by Gasteiger charge is 2.49. The molecule has 0 bridgehead atoms. The molecule has 0 saturated carbocycles. The molecule has 3 aromatic rings. The van der Waals surface area contributed by atoms with Crippen LogP contribution in [0.1, 0.15) is 92.9 Å². The number of nitrogens with one attached hydrogen (secondary N) is 1. The van der Waals surface area contributed by atoms with Crippen LogP contribution in [-0.2, 0) is 32.9 Å². The van der Waals surface area contributed by atoms with Gasteiger partial charge in [0.2, 0.25) is 0 Å². The first kappa shape index (κ1) is 47.6. The Morgan fingerprint density at radius 1 is 0.967 bits per heavy atom. The van der Waals surface area contributed by atoms with E-state index in [-0.39, 0.29) is 42.9 Å². The zero-order valence-electron chi connectivity index (χ0n) is 35.0. The molecule has 1 aliphatic heterocycles. The van der Waals surface area contributed by atoms with E-state index in [1.807, 2.05) is 33.9 Å². The summed E-state index contributed by atoms with van der Waals surface area (Å²) in [6.07, 6.45) is -9.81. The van der Waals surface area contributed by atoms with Gasteiger partial charge in [-0.1, -0.05) is 64.1 Å². The Labute approximate surface area is 346 Å². The van der Waals surface area contributed by atoms with Crippen molar-refractivity contribution in [2.45, 2.75) is 109 Å². The normalized spacial score (nSPS) is 19.0. The van der Waals surface area contributed by atoms with Gasteiger partial charge in [0.25, 0.3) is 8.32 Å². The van der Waals surface area contributed by atoms with Gasteiger partial charge < -0.3 is 29.4 Å². The molecule has 1 heterocycles. The van der Waals surface area contributed by atoms with Gasteiger partial charge in [-0.25, -0.2) is 18.8 Å². The Hall–Kier alpha value is -5.06. The van der Waals surface area contributed by atoms with Crippen molar-refractivity contribution in [3.63, 3.8) is 0 Å². The van der Waals surface area contributed by atoms with Gasteiger partial charge in [-0.05, 0) is 103 Å². The Bertz CT molecular complexity index is 2040. The summed E-state index contributed by atoms with van der Waals surface area (Å²) in [5.74, 6) is -3.08. The maximum atomic E-state index is 14.5. The summed E-state index contributed by atoms with van der Waals surface area (Å²) in [7, 11) is -1.47. The minimum atomic E-state index is -5.11. The number of likely N-dealkylation sites (tertiary alicyclic amines) is 1. The van der Waals surface area contributed by atoms with Crippen LogP contribution in [-0.4, -0.2) is 60.4 Å². The fraction of sp³-hybridized carbons (Fsp3) is 0.465. The van der Waals surface area contributed by atoms with Gasteiger partial charge >= 0.3 is 30.4 Å². The number of rotatable bonds is 11. The van der Waals surface area contributed by atoms with Crippen LogP contribution in [0.4, 0.5) is 40.3 Å². The summed E-state index contributed by atoms with van der Waals surface area (Å²) in [6, 6.07) is 10.8. The number of nitrogens with zero attached hydrogens (tertiary/aromatic N) is 2. The predicted octanol–water partition coefficient (Wildman–Crippen LogP) is 11.4. The first-order chi connectivity index (χ1) is 27.6. The molecule has 3 aromatic carbocycles. The third-order valence-electron chi connectivity index (χ3n) is 11.8. The average molecular weight is 868 g/mol. The van der Waals surface area contributed by atoms with Crippen LogP contribution >= 0.6 is 0 Å². The van der Waals surface area contributed by atoms with Gasteiger partial charge in [0.05, 0.1) is 28.7 Å².